The molecule has 130 valence electrons. The summed E-state index contributed by atoms with van der Waals surface area (Å²) in [7, 11) is 1.64. The van der Waals surface area contributed by atoms with Crippen LogP contribution in [-0.4, -0.2) is 23.8 Å². The van der Waals surface area contributed by atoms with Crippen LogP contribution >= 0.6 is 34.7 Å². The largest absolute Gasteiger partial charge is 0.497 e. The molecular weight excluding hydrogens is 376 g/mol. The predicted octanol–water partition coefficient (Wildman–Crippen LogP) is 5.39. The number of methoxy groups -OCH3 is 1. The van der Waals surface area contributed by atoms with Crippen molar-refractivity contribution in [2.75, 3.05) is 18.2 Å². The van der Waals surface area contributed by atoms with Crippen molar-refractivity contribution in [3.05, 3.63) is 47.0 Å². The third-order valence-electron chi connectivity index (χ3n) is 3.65. The van der Waals surface area contributed by atoms with E-state index in [9.17, 15) is 4.79 Å². The van der Waals surface area contributed by atoms with Crippen LogP contribution in [0.25, 0.3) is 10.2 Å². The molecule has 0 aliphatic heterocycles. The summed E-state index contributed by atoms with van der Waals surface area (Å²) < 4.78 is 6.15. The number of anilines is 1. The van der Waals surface area contributed by atoms with Crippen LogP contribution in [0.3, 0.4) is 0 Å². The maximum absolute atomic E-state index is 12.1. The summed E-state index contributed by atoms with van der Waals surface area (Å²) in [4.78, 5) is 17.7. The number of halogens is 1. The number of rotatable bonds is 6. The van der Waals surface area contributed by atoms with Gasteiger partial charge in [-0.3, -0.25) is 4.79 Å². The molecule has 0 saturated heterocycles. The number of nitrogens with one attached hydrogen (secondary N) is 1. The molecular formula is C18H17ClN2O2S2. The third kappa shape index (κ3) is 4.45. The predicted molar refractivity (Wildman–Crippen MR) is 106 cm³/mol. The minimum absolute atomic E-state index is 0.0381. The Labute approximate surface area is 159 Å². The van der Waals surface area contributed by atoms with Gasteiger partial charge in [-0.1, -0.05) is 22.9 Å². The molecule has 0 radical (unpaired) electrons. The fourth-order valence-electron chi connectivity index (χ4n) is 2.27. The van der Waals surface area contributed by atoms with Crippen LogP contribution in [0.2, 0.25) is 5.02 Å². The normalized spacial score (nSPS) is 10.8. The number of hydrogen-bond acceptors (Lipinski definition) is 5. The number of hydrogen-bond donors (Lipinski definition) is 1. The fraction of sp³-hybridized carbons (Fsp3) is 0.222. The minimum atomic E-state index is -0.0381. The van der Waals surface area contributed by atoms with Crippen molar-refractivity contribution in [2.24, 2.45) is 0 Å². The monoisotopic (exact) mass is 392 g/mol. The lowest BCUT2D eigenvalue weighted by molar-refractivity contribution is -0.115. The van der Waals surface area contributed by atoms with Gasteiger partial charge in [0, 0.05) is 22.1 Å². The molecule has 0 aliphatic rings. The van der Waals surface area contributed by atoms with Crippen LogP contribution in [0.4, 0.5) is 5.13 Å². The Kier molecular flexibility index (Phi) is 5.83. The molecule has 2 aromatic carbocycles. The second-order valence-electron chi connectivity index (χ2n) is 5.36. The van der Waals surface area contributed by atoms with E-state index in [1.807, 2.05) is 43.3 Å². The van der Waals surface area contributed by atoms with E-state index in [1.165, 1.54) is 11.3 Å². The molecule has 7 heteroatoms. The van der Waals surface area contributed by atoms with Gasteiger partial charge in [0.25, 0.3) is 0 Å². The quantitative estimate of drug-likeness (QED) is 0.571. The van der Waals surface area contributed by atoms with Gasteiger partial charge in [-0.2, -0.15) is 0 Å². The van der Waals surface area contributed by atoms with Gasteiger partial charge in [-0.05, 0) is 48.9 Å². The van der Waals surface area contributed by atoms with Gasteiger partial charge in [-0.25, -0.2) is 4.98 Å². The van der Waals surface area contributed by atoms with Crippen LogP contribution in [0.1, 0.15) is 12.0 Å². The Hall–Kier alpha value is -1.76. The van der Waals surface area contributed by atoms with Gasteiger partial charge in [0.15, 0.2) is 5.13 Å². The molecule has 0 spiro atoms. The van der Waals surface area contributed by atoms with E-state index in [0.717, 1.165) is 26.4 Å². The standard InChI is InChI=1S/C18H17ClN2O2S2/c1-11-14(19)7-8-15-17(11)21-18(25-15)20-16(22)9-10-24-13-5-3-12(23-2)4-6-13/h3-8H,9-10H2,1-2H3,(H,20,21,22). The zero-order valence-electron chi connectivity index (χ0n) is 13.8. The van der Waals surface area contributed by atoms with Crippen molar-refractivity contribution >= 4 is 56.0 Å². The van der Waals surface area contributed by atoms with E-state index in [2.05, 4.69) is 10.3 Å². The van der Waals surface area contributed by atoms with Crippen LogP contribution in [0.5, 0.6) is 5.75 Å². The van der Waals surface area contributed by atoms with E-state index in [1.54, 1.807) is 18.9 Å². The summed E-state index contributed by atoms with van der Waals surface area (Å²) in [6, 6.07) is 11.6. The number of carbonyl (C=O) groups is 1. The smallest absolute Gasteiger partial charge is 0.226 e. The Morgan fingerprint density at radius 3 is 2.76 bits per heavy atom. The number of carbonyl (C=O) groups excluding carboxylic acids is 1. The van der Waals surface area contributed by atoms with Gasteiger partial charge < -0.3 is 10.1 Å². The van der Waals surface area contributed by atoms with E-state index in [0.29, 0.717) is 22.3 Å². The van der Waals surface area contributed by atoms with Crippen LogP contribution < -0.4 is 10.1 Å². The summed E-state index contributed by atoms with van der Waals surface area (Å²) >= 11 is 9.21. The van der Waals surface area contributed by atoms with Crippen LogP contribution in [-0.2, 0) is 4.79 Å². The zero-order valence-corrected chi connectivity index (χ0v) is 16.2. The van der Waals surface area contributed by atoms with Crippen molar-refractivity contribution in [3.63, 3.8) is 0 Å². The highest BCUT2D eigenvalue weighted by molar-refractivity contribution is 7.99. The highest BCUT2D eigenvalue weighted by Gasteiger charge is 2.11. The summed E-state index contributed by atoms with van der Waals surface area (Å²) in [5.74, 6) is 1.49. The average molecular weight is 393 g/mol. The second kappa shape index (κ2) is 8.08. The Morgan fingerprint density at radius 2 is 2.04 bits per heavy atom. The number of amides is 1. The van der Waals surface area contributed by atoms with E-state index < -0.39 is 0 Å². The van der Waals surface area contributed by atoms with Crippen molar-refractivity contribution in [3.8, 4) is 5.75 Å². The van der Waals surface area contributed by atoms with E-state index in [-0.39, 0.29) is 5.91 Å². The molecule has 0 bridgehead atoms. The van der Waals surface area contributed by atoms with Gasteiger partial charge in [0.1, 0.15) is 5.75 Å². The lowest BCUT2D eigenvalue weighted by Gasteiger charge is -2.04. The lowest BCUT2D eigenvalue weighted by Crippen LogP contribution is -2.11. The molecule has 1 N–H and O–H groups in total. The number of thiazole rings is 1. The molecule has 1 heterocycles. The fourth-order valence-corrected chi connectivity index (χ4v) is 4.22. The van der Waals surface area contributed by atoms with Gasteiger partial charge in [0.05, 0.1) is 17.3 Å². The van der Waals surface area contributed by atoms with Crippen LogP contribution in [0.15, 0.2) is 41.3 Å². The molecule has 0 atom stereocenters. The summed E-state index contributed by atoms with van der Waals surface area (Å²) in [5.41, 5.74) is 1.78. The Morgan fingerprint density at radius 1 is 1.28 bits per heavy atom. The number of aryl methyl sites for hydroxylation is 1. The molecule has 0 unspecified atom stereocenters. The molecule has 0 saturated carbocycles. The summed E-state index contributed by atoms with van der Waals surface area (Å²) in [6.07, 6.45) is 0.423. The number of ether oxygens (including phenoxy) is 1. The molecule has 3 rings (SSSR count). The minimum Gasteiger partial charge on any atom is -0.497 e. The van der Waals surface area contributed by atoms with Crippen molar-refractivity contribution in [2.45, 2.75) is 18.2 Å². The Balaban J connectivity index is 1.54. The van der Waals surface area contributed by atoms with Crippen molar-refractivity contribution in [1.82, 2.24) is 4.98 Å². The van der Waals surface area contributed by atoms with Gasteiger partial charge in [-0.15, -0.1) is 11.8 Å². The van der Waals surface area contributed by atoms with Crippen LogP contribution in [0, 0.1) is 6.92 Å². The van der Waals surface area contributed by atoms with Gasteiger partial charge in [0.2, 0.25) is 5.91 Å². The topological polar surface area (TPSA) is 51.2 Å². The highest BCUT2D eigenvalue weighted by Crippen LogP contribution is 2.31. The summed E-state index contributed by atoms with van der Waals surface area (Å²) in [5, 5.41) is 4.17. The second-order valence-corrected chi connectivity index (χ2v) is 7.97. The number of benzene rings is 2. The SMILES string of the molecule is COc1ccc(SCCC(=O)Nc2nc3c(C)c(Cl)ccc3s2)cc1. The highest BCUT2D eigenvalue weighted by atomic mass is 35.5. The average Bonchev–Trinajstić information content (AvgIpc) is 3.02. The zero-order chi connectivity index (χ0) is 17.8. The Bertz CT molecular complexity index is 894. The van der Waals surface area contributed by atoms with Crippen molar-refractivity contribution in [1.29, 1.82) is 0 Å². The van der Waals surface area contributed by atoms with Crippen molar-refractivity contribution < 1.29 is 9.53 Å². The first-order valence-electron chi connectivity index (χ1n) is 7.69. The number of thioether (sulfide) groups is 1. The number of fused-ring (bicyclic) bond motifs is 1. The molecule has 0 aliphatic carbocycles. The molecule has 3 aromatic rings. The molecule has 1 aromatic heterocycles. The first-order valence-corrected chi connectivity index (χ1v) is 9.87. The maximum Gasteiger partial charge on any atom is 0.226 e. The van der Waals surface area contributed by atoms with E-state index >= 15 is 0 Å². The first-order chi connectivity index (χ1) is 12.1. The maximum atomic E-state index is 12.1. The lowest BCUT2D eigenvalue weighted by atomic mass is 10.2. The first kappa shape index (κ1) is 18.0. The summed E-state index contributed by atoms with van der Waals surface area (Å²) in [6.45, 7) is 1.93. The van der Waals surface area contributed by atoms with E-state index in [4.69, 9.17) is 16.3 Å². The van der Waals surface area contributed by atoms with Gasteiger partial charge >= 0.3 is 0 Å². The third-order valence-corrected chi connectivity index (χ3v) is 6.01. The molecule has 1 amide bonds. The number of aromatic nitrogens is 1. The number of nitrogens with zero attached hydrogens (tertiary/aromatic N) is 1. The molecule has 0 fully saturated rings. The molecule has 25 heavy (non-hydrogen) atoms. The molecule has 4 nitrogen and oxygen atoms in total.